The summed E-state index contributed by atoms with van der Waals surface area (Å²) >= 11 is 0. The van der Waals surface area contributed by atoms with Crippen molar-refractivity contribution in [2.75, 3.05) is 0 Å². The van der Waals surface area contributed by atoms with Gasteiger partial charge in [0.05, 0.1) is 0 Å². The summed E-state index contributed by atoms with van der Waals surface area (Å²) in [7, 11) is 0. The van der Waals surface area contributed by atoms with Gasteiger partial charge in [-0.15, -0.1) is 0 Å². The zero-order chi connectivity index (χ0) is 10.8. The number of hydrogen-bond acceptors (Lipinski definition) is 2. The quantitative estimate of drug-likeness (QED) is 0.714. The van der Waals surface area contributed by atoms with E-state index in [9.17, 15) is 17.6 Å². The first-order chi connectivity index (χ1) is 6.42. The molecule has 0 aliphatic heterocycles. The van der Waals surface area contributed by atoms with Gasteiger partial charge in [-0.1, -0.05) is 6.07 Å². The van der Waals surface area contributed by atoms with Gasteiger partial charge in [0.25, 0.3) is 0 Å². The van der Waals surface area contributed by atoms with Crippen molar-refractivity contribution in [3.05, 3.63) is 23.9 Å². The molecule has 1 aromatic heterocycles. The first kappa shape index (κ1) is 10.7. The third-order valence-corrected chi connectivity index (χ3v) is 1.38. The van der Waals surface area contributed by atoms with E-state index in [0.717, 1.165) is 11.6 Å². The Kier molecular flexibility index (Phi) is 2.93. The maximum atomic E-state index is 12.3. The molecule has 0 bridgehead atoms. The molecule has 0 radical (unpaired) electrons. The number of aromatic nitrogens is 1. The molecule has 0 saturated carbocycles. The molecule has 0 N–H and O–H groups in total. The van der Waals surface area contributed by atoms with Crippen LogP contribution in [-0.4, -0.2) is 17.5 Å². The van der Waals surface area contributed by atoms with Crippen molar-refractivity contribution in [3.63, 3.8) is 0 Å². The number of ether oxygens (including phenoxy) is 1. The van der Waals surface area contributed by atoms with E-state index < -0.39 is 18.4 Å². The fraction of sp³-hybridized carbons (Fsp3) is 0.375. The second kappa shape index (κ2) is 3.81. The minimum Gasteiger partial charge on any atom is -0.410 e. The Morgan fingerprint density at radius 1 is 1.36 bits per heavy atom. The molecule has 0 saturated heterocycles. The number of nitrogens with zero attached hydrogens (tertiary/aromatic N) is 1. The molecule has 0 aliphatic carbocycles. The minimum atomic E-state index is -4.50. The predicted octanol–water partition coefficient (Wildman–Crippen LogP) is 2.63. The molecule has 2 nitrogen and oxygen atoms in total. The van der Waals surface area contributed by atoms with Gasteiger partial charge in [0.1, 0.15) is 0 Å². The molecular weight excluding hydrogens is 202 g/mol. The summed E-state index contributed by atoms with van der Waals surface area (Å²) in [6, 6.07) is 2.54. The van der Waals surface area contributed by atoms with Gasteiger partial charge in [-0.05, 0) is 12.5 Å². The van der Waals surface area contributed by atoms with Crippen LogP contribution in [0.5, 0.6) is 5.88 Å². The fourth-order valence-electron chi connectivity index (χ4n) is 0.699. The van der Waals surface area contributed by atoms with Gasteiger partial charge in [-0.2, -0.15) is 17.6 Å². The summed E-state index contributed by atoms with van der Waals surface area (Å²) in [5.41, 5.74) is 0.720. The standard InChI is InChI=1S/C8H7F4NO/c1-5-2-3-6(13-4-5)14-8(11,12)7(9)10/h2-4,7H,1H3. The molecule has 1 rings (SSSR count). The number of hydrogen-bond donors (Lipinski definition) is 0. The van der Waals surface area contributed by atoms with Crippen LogP contribution in [0.3, 0.4) is 0 Å². The number of aryl methyl sites for hydroxylation is 1. The summed E-state index contributed by atoms with van der Waals surface area (Å²) in [5, 5.41) is 0. The summed E-state index contributed by atoms with van der Waals surface area (Å²) in [4.78, 5) is 3.41. The van der Waals surface area contributed by atoms with Crippen molar-refractivity contribution in [1.29, 1.82) is 0 Å². The summed E-state index contributed by atoms with van der Waals surface area (Å²) in [5.74, 6) is -0.527. The van der Waals surface area contributed by atoms with Gasteiger partial charge >= 0.3 is 12.5 Å². The molecule has 14 heavy (non-hydrogen) atoms. The lowest BCUT2D eigenvalue weighted by atomic mass is 10.3. The van der Waals surface area contributed by atoms with Gasteiger partial charge in [0.15, 0.2) is 0 Å². The SMILES string of the molecule is Cc1ccc(OC(F)(F)C(F)F)nc1. The first-order valence-electron chi connectivity index (χ1n) is 3.69. The maximum Gasteiger partial charge on any atom is 0.462 e. The number of halogens is 4. The highest BCUT2D eigenvalue weighted by Crippen LogP contribution is 2.25. The van der Waals surface area contributed by atoms with Gasteiger partial charge in [0.2, 0.25) is 5.88 Å². The van der Waals surface area contributed by atoms with Crippen LogP contribution in [0.15, 0.2) is 18.3 Å². The van der Waals surface area contributed by atoms with Crippen molar-refractivity contribution in [3.8, 4) is 5.88 Å². The van der Waals surface area contributed by atoms with Crippen LogP contribution in [0.25, 0.3) is 0 Å². The molecule has 0 atom stereocenters. The van der Waals surface area contributed by atoms with Gasteiger partial charge < -0.3 is 4.74 Å². The van der Waals surface area contributed by atoms with E-state index in [0.29, 0.717) is 0 Å². The smallest absolute Gasteiger partial charge is 0.410 e. The fourth-order valence-corrected chi connectivity index (χ4v) is 0.699. The molecule has 0 spiro atoms. The third kappa shape index (κ3) is 2.58. The molecular formula is C8H7F4NO. The van der Waals surface area contributed by atoms with Crippen LogP contribution in [-0.2, 0) is 0 Å². The van der Waals surface area contributed by atoms with E-state index in [-0.39, 0.29) is 0 Å². The van der Waals surface area contributed by atoms with E-state index in [4.69, 9.17) is 0 Å². The highest BCUT2D eigenvalue weighted by molar-refractivity contribution is 5.16. The highest BCUT2D eigenvalue weighted by atomic mass is 19.3. The van der Waals surface area contributed by atoms with Crippen LogP contribution < -0.4 is 4.74 Å². The lowest BCUT2D eigenvalue weighted by Gasteiger charge is -2.15. The molecule has 0 aromatic carbocycles. The molecule has 0 fully saturated rings. The van der Waals surface area contributed by atoms with E-state index in [1.165, 1.54) is 12.3 Å². The van der Waals surface area contributed by atoms with E-state index in [1.54, 1.807) is 6.92 Å². The Morgan fingerprint density at radius 2 is 2.00 bits per heavy atom. The molecule has 1 heterocycles. The average Bonchev–Trinajstić information content (AvgIpc) is 2.08. The first-order valence-corrected chi connectivity index (χ1v) is 3.69. The third-order valence-electron chi connectivity index (χ3n) is 1.38. The minimum absolute atomic E-state index is 0.527. The lowest BCUT2D eigenvalue weighted by molar-refractivity contribution is -0.254. The lowest BCUT2D eigenvalue weighted by Crippen LogP contribution is -2.33. The Bertz CT molecular complexity index is 299. The second-order valence-electron chi connectivity index (χ2n) is 2.64. The highest BCUT2D eigenvalue weighted by Gasteiger charge is 2.44. The van der Waals surface area contributed by atoms with Crippen LogP contribution in [0.4, 0.5) is 17.6 Å². The second-order valence-corrected chi connectivity index (χ2v) is 2.64. The van der Waals surface area contributed by atoms with Crippen molar-refractivity contribution in [2.24, 2.45) is 0 Å². The zero-order valence-corrected chi connectivity index (χ0v) is 7.18. The normalized spacial score (nSPS) is 11.9. The summed E-state index contributed by atoms with van der Waals surface area (Å²) in [6.07, 6.45) is -7.12. The van der Waals surface area contributed by atoms with Crippen LogP contribution in [0.1, 0.15) is 5.56 Å². The average molecular weight is 209 g/mol. The number of pyridine rings is 1. The van der Waals surface area contributed by atoms with E-state index in [1.807, 2.05) is 0 Å². The maximum absolute atomic E-state index is 12.3. The van der Waals surface area contributed by atoms with Crippen LogP contribution in [0, 0.1) is 6.92 Å². The van der Waals surface area contributed by atoms with Gasteiger partial charge in [0, 0.05) is 12.3 Å². The van der Waals surface area contributed by atoms with Gasteiger partial charge in [-0.3, -0.25) is 0 Å². The zero-order valence-electron chi connectivity index (χ0n) is 7.18. The molecule has 0 unspecified atom stereocenters. The van der Waals surface area contributed by atoms with E-state index >= 15 is 0 Å². The Labute approximate surface area is 77.5 Å². The van der Waals surface area contributed by atoms with E-state index in [2.05, 4.69) is 9.72 Å². The Morgan fingerprint density at radius 3 is 2.43 bits per heavy atom. The topological polar surface area (TPSA) is 22.1 Å². The summed E-state index contributed by atoms with van der Waals surface area (Å²) in [6.45, 7) is 1.68. The van der Waals surface area contributed by atoms with Crippen molar-refractivity contribution in [2.45, 2.75) is 19.5 Å². The van der Waals surface area contributed by atoms with Crippen molar-refractivity contribution >= 4 is 0 Å². The van der Waals surface area contributed by atoms with Crippen LogP contribution in [0.2, 0.25) is 0 Å². The predicted molar refractivity (Wildman–Crippen MR) is 40.6 cm³/mol. The summed E-state index contributed by atoms with van der Waals surface area (Å²) < 4.78 is 51.7. The number of rotatable bonds is 3. The monoisotopic (exact) mass is 209 g/mol. The Balaban J connectivity index is 2.74. The molecule has 6 heteroatoms. The molecule has 0 aliphatic rings. The largest absolute Gasteiger partial charge is 0.462 e. The molecule has 1 aromatic rings. The molecule has 78 valence electrons. The van der Waals surface area contributed by atoms with Gasteiger partial charge in [-0.25, -0.2) is 4.98 Å². The van der Waals surface area contributed by atoms with Crippen molar-refractivity contribution < 1.29 is 22.3 Å². The Hall–Kier alpha value is -1.33. The number of alkyl halides is 4. The van der Waals surface area contributed by atoms with Crippen molar-refractivity contribution in [1.82, 2.24) is 4.98 Å². The molecule has 0 amide bonds. The van der Waals surface area contributed by atoms with Crippen LogP contribution >= 0.6 is 0 Å².